The number of urea groups is 1. The van der Waals surface area contributed by atoms with Crippen LogP contribution in [0, 0.1) is 0 Å². The molecule has 2 aromatic rings. The highest BCUT2D eigenvalue weighted by Gasteiger charge is 2.50. The van der Waals surface area contributed by atoms with E-state index in [2.05, 4.69) is 46.2 Å². The summed E-state index contributed by atoms with van der Waals surface area (Å²) in [7, 11) is 4.16. The number of amides is 2. The smallest absolute Gasteiger partial charge is 0.404 e. The maximum absolute atomic E-state index is 12.7. The highest BCUT2D eigenvalue weighted by Crippen LogP contribution is 2.46. The van der Waals surface area contributed by atoms with Crippen LogP contribution in [0.3, 0.4) is 0 Å². The van der Waals surface area contributed by atoms with E-state index in [9.17, 15) is 18.0 Å². The van der Waals surface area contributed by atoms with Gasteiger partial charge in [-0.05, 0) is 57.5 Å². The second-order valence-electron chi connectivity index (χ2n) is 8.49. The minimum Gasteiger partial charge on any atom is -0.404 e. The largest absolute Gasteiger partial charge is 0.573 e. The average Bonchev–Trinajstić information content (AvgIpc) is 3.04. The first-order chi connectivity index (χ1) is 14.6. The highest BCUT2D eigenvalue weighted by molar-refractivity contribution is 5.94. The molecule has 2 fully saturated rings. The average molecular weight is 434 g/mol. The van der Waals surface area contributed by atoms with E-state index in [-0.39, 0.29) is 17.1 Å². The molecule has 1 N–H and O–H groups in total. The third-order valence-corrected chi connectivity index (χ3v) is 6.51. The first kappa shape index (κ1) is 21.4. The second kappa shape index (κ2) is 7.71. The Kier molecular flexibility index (Phi) is 5.33. The van der Waals surface area contributed by atoms with Crippen molar-refractivity contribution in [1.29, 1.82) is 0 Å². The number of ether oxygens (including phenoxy) is 1. The molecular weight excluding hydrogens is 409 g/mol. The molecule has 1 aromatic carbocycles. The Morgan fingerprint density at radius 2 is 1.74 bits per heavy atom. The van der Waals surface area contributed by atoms with Crippen molar-refractivity contribution in [3.63, 3.8) is 0 Å². The summed E-state index contributed by atoms with van der Waals surface area (Å²) in [5, 5.41) is 3.12. The Balaban J connectivity index is 1.48. The van der Waals surface area contributed by atoms with Crippen molar-refractivity contribution in [3.8, 4) is 5.75 Å². The van der Waals surface area contributed by atoms with Gasteiger partial charge in [0.05, 0.1) is 18.3 Å². The van der Waals surface area contributed by atoms with E-state index in [0.717, 1.165) is 31.9 Å². The standard InChI is InChI=1S/C22H25F3N4O2/c1-28(2)21(16-6-4-3-5-7-16)12-10-20(11-13-21)15-29(19(30)27-20)18-9-8-17(14-26-18)31-22(23,24)25/h3-9,14H,10-13,15H2,1-2H3,(H,27,30). The second-order valence-corrected chi connectivity index (χ2v) is 8.49. The molecule has 2 aliphatic rings. The molecule has 1 saturated heterocycles. The Hall–Kier alpha value is -2.81. The minimum absolute atomic E-state index is 0.0977. The summed E-state index contributed by atoms with van der Waals surface area (Å²) in [5.41, 5.74) is 0.784. The molecule has 2 heterocycles. The van der Waals surface area contributed by atoms with Crippen LogP contribution < -0.4 is 15.0 Å². The number of carbonyl (C=O) groups is 1. The maximum atomic E-state index is 12.7. The van der Waals surface area contributed by atoms with E-state index in [1.54, 1.807) is 0 Å². The van der Waals surface area contributed by atoms with Gasteiger partial charge in [0.25, 0.3) is 0 Å². The maximum Gasteiger partial charge on any atom is 0.573 e. The van der Waals surface area contributed by atoms with Crippen LogP contribution in [0.4, 0.5) is 23.8 Å². The van der Waals surface area contributed by atoms with Crippen molar-refractivity contribution >= 4 is 11.8 Å². The molecule has 1 spiro atoms. The van der Waals surface area contributed by atoms with Crippen LogP contribution in [0.5, 0.6) is 5.75 Å². The molecule has 9 heteroatoms. The Morgan fingerprint density at radius 3 is 2.29 bits per heavy atom. The van der Waals surface area contributed by atoms with Gasteiger partial charge >= 0.3 is 12.4 Å². The van der Waals surface area contributed by atoms with Crippen LogP contribution in [-0.4, -0.2) is 48.5 Å². The zero-order valence-electron chi connectivity index (χ0n) is 17.4. The van der Waals surface area contributed by atoms with Gasteiger partial charge in [-0.25, -0.2) is 9.78 Å². The molecule has 166 valence electrons. The predicted octanol–water partition coefficient (Wildman–Crippen LogP) is 4.28. The number of nitrogens with one attached hydrogen (secondary N) is 1. The van der Waals surface area contributed by atoms with Crippen molar-refractivity contribution in [2.45, 2.75) is 43.1 Å². The van der Waals surface area contributed by atoms with Crippen molar-refractivity contribution in [1.82, 2.24) is 15.2 Å². The van der Waals surface area contributed by atoms with E-state index in [1.165, 1.54) is 22.6 Å². The summed E-state index contributed by atoms with van der Waals surface area (Å²) >= 11 is 0. The number of anilines is 1. The van der Waals surface area contributed by atoms with Gasteiger partial charge in [0.2, 0.25) is 0 Å². The first-order valence-electron chi connectivity index (χ1n) is 10.2. The van der Waals surface area contributed by atoms with E-state index < -0.39 is 12.1 Å². The van der Waals surface area contributed by atoms with Crippen LogP contribution >= 0.6 is 0 Å². The molecule has 2 amide bonds. The molecule has 1 aliphatic heterocycles. The number of nitrogens with zero attached hydrogens (tertiary/aromatic N) is 3. The van der Waals surface area contributed by atoms with Gasteiger partial charge in [0.15, 0.2) is 0 Å². The molecule has 31 heavy (non-hydrogen) atoms. The zero-order valence-corrected chi connectivity index (χ0v) is 17.4. The summed E-state index contributed by atoms with van der Waals surface area (Å²) in [6.45, 7) is 0.427. The van der Waals surface area contributed by atoms with Crippen LogP contribution in [0.2, 0.25) is 0 Å². The summed E-state index contributed by atoms with van der Waals surface area (Å²) < 4.78 is 40.9. The number of aromatic nitrogens is 1. The number of pyridine rings is 1. The normalized spacial score (nSPS) is 26.4. The predicted molar refractivity (Wildman–Crippen MR) is 110 cm³/mol. The molecule has 1 aliphatic carbocycles. The number of rotatable bonds is 4. The van der Waals surface area contributed by atoms with Gasteiger partial charge in [0.1, 0.15) is 11.6 Å². The van der Waals surface area contributed by atoms with Crippen molar-refractivity contribution < 1.29 is 22.7 Å². The van der Waals surface area contributed by atoms with E-state index in [4.69, 9.17) is 0 Å². The van der Waals surface area contributed by atoms with E-state index >= 15 is 0 Å². The molecule has 0 bridgehead atoms. The van der Waals surface area contributed by atoms with Gasteiger partial charge in [0, 0.05) is 5.54 Å². The minimum atomic E-state index is -4.78. The van der Waals surface area contributed by atoms with Crippen LogP contribution in [-0.2, 0) is 5.54 Å². The fourth-order valence-corrected chi connectivity index (χ4v) is 4.79. The molecule has 1 aromatic heterocycles. The lowest BCUT2D eigenvalue weighted by atomic mass is 9.69. The summed E-state index contributed by atoms with van der Waals surface area (Å²) in [4.78, 5) is 20.4. The lowest BCUT2D eigenvalue weighted by Gasteiger charge is -2.48. The van der Waals surface area contributed by atoms with Gasteiger partial charge in [-0.2, -0.15) is 0 Å². The Labute approximate surface area is 179 Å². The first-order valence-corrected chi connectivity index (χ1v) is 10.2. The molecule has 0 atom stereocenters. The molecular formula is C22H25F3N4O2. The topological polar surface area (TPSA) is 57.7 Å². The SMILES string of the molecule is CN(C)C1(c2ccccc2)CCC2(CC1)CN(c1ccc(OC(F)(F)F)cn1)C(=O)N2. The van der Waals surface area contributed by atoms with Crippen LogP contribution in [0.1, 0.15) is 31.2 Å². The molecule has 0 radical (unpaired) electrons. The van der Waals surface area contributed by atoms with Gasteiger partial charge in [-0.15, -0.1) is 13.2 Å². The molecule has 6 nitrogen and oxygen atoms in total. The molecule has 0 unspecified atom stereocenters. The summed E-state index contributed by atoms with van der Waals surface area (Å²) in [6.07, 6.45) is -0.463. The fraction of sp³-hybridized carbons (Fsp3) is 0.455. The molecule has 1 saturated carbocycles. The fourth-order valence-electron chi connectivity index (χ4n) is 4.79. The monoisotopic (exact) mass is 434 g/mol. The summed E-state index contributed by atoms with van der Waals surface area (Å²) in [5.74, 6) is -0.113. The van der Waals surface area contributed by atoms with E-state index in [0.29, 0.717) is 12.4 Å². The third kappa shape index (κ3) is 4.19. The van der Waals surface area contributed by atoms with E-state index in [1.807, 2.05) is 18.2 Å². The van der Waals surface area contributed by atoms with Gasteiger partial charge in [-0.1, -0.05) is 30.3 Å². The Bertz CT molecular complexity index is 924. The van der Waals surface area contributed by atoms with Crippen molar-refractivity contribution in [2.24, 2.45) is 0 Å². The number of benzene rings is 1. The van der Waals surface area contributed by atoms with Crippen LogP contribution in [0.25, 0.3) is 0 Å². The van der Waals surface area contributed by atoms with Crippen molar-refractivity contribution in [2.75, 3.05) is 25.5 Å². The van der Waals surface area contributed by atoms with Gasteiger partial charge < -0.3 is 10.1 Å². The number of halogens is 3. The highest BCUT2D eigenvalue weighted by atomic mass is 19.4. The quantitative estimate of drug-likeness (QED) is 0.781. The van der Waals surface area contributed by atoms with Crippen LogP contribution in [0.15, 0.2) is 48.7 Å². The Morgan fingerprint density at radius 1 is 1.06 bits per heavy atom. The lowest BCUT2D eigenvalue weighted by molar-refractivity contribution is -0.274. The number of alkyl halides is 3. The zero-order chi connectivity index (χ0) is 22.3. The number of hydrogen-bond donors (Lipinski definition) is 1. The lowest BCUT2D eigenvalue weighted by Crippen LogP contribution is -2.54. The number of hydrogen-bond acceptors (Lipinski definition) is 4. The summed E-state index contributed by atoms with van der Waals surface area (Å²) in [6, 6.07) is 12.6. The van der Waals surface area contributed by atoms with Crippen molar-refractivity contribution in [3.05, 3.63) is 54.2 Å². The third-order valence-electron chi connectivity index (χ3n) is 6.51. The molecule has 4 rings (SSSR count). The number of carbonyl (C=O) groups excluding carboxylic acids is 1. The van der Waals surface area contributed by atoms with Gasteiger partial charge in [-0.3, -0.25) is 9.80 Å².